The molecule has 1 aromatic rings. The Labute approximate surface area is 205 Å². The second-order valence-electron chi connectivity index (χ2n) is 7.71. The van der Waals surface area contributed by atoms with Gasteiger partial charge < -0.3 is 19.9 Å². The Morgan fingerprint density at radius 3 is 2.45 bits per heavy atom. The maximum Gasteiger partial charge on any atom is 0.225 e. The molecule has 2 aliphatic heterocycles. The van der Waals surface area contributed by atoms with Gasteiger partial charge in [-0.05, 0) is 25.3 Å². The maximum absolute atomic E-state index is 12.7. The van der Waals surface area contributed by atoms with E-state index in [1.165, 1.54) is 0 Å². The number of guanidine groups is 1. The molecule has 2 aliphatic rings. The molecule has 174 valence electrons. The summed E-state index contributed by atoms with van der Waals surface area (Å²) < 4.78 is 17.7. The Balaban J connectivity index is 0.00000341. The minimum absolute atomic E-state index is 0. The molecule has 9 heteroatoms. The van der Waals surface area contributed by atoms with Crippen LogP contribution in [0.1, 0.15) is 25.3 Å². The number of rotatable bonds is 7. The third-order valence-electron chi connectivity index (χ3n) is 5.55. The molecule has 2 saturated heterocycles. The summed E-state index contributed by atoms with van der Waals surface area (Å²) in [5.74, 6) is 2.36. The van der Waals surface area contributed by atoms with Crippen LogP contribution < -0.4 is 5.32 Å². The van der Waals surface area contributed by atoms with Crippen LogP contribution in [0.15, 0.2) is 35.3 Å². The van der Waals surface area contributed by atoms with E-state index < -0.39 is 10.8 Å². The Morgan fingerprint density at radius 2 is 1.81 bits per heavy atom. The van der Waals surface area contributed by atoms with Crippen LogP contribution in [0, 0.1) is 5.92 Å². The molecule has 1 N–H and O–H groups in total. The molecule has 0 aliphatic carbocycles. The fourth-order valence-corrected chi connectivity index (χ4v) is 4.90. The number of carbonyl (C=O) groups excluding carboxylic acids is 1. The Hall–Kier alpha value is -1.20. The van der Waals surface area contributed by atoms with Crippen molar-refractivity contribution in [2.45, 2.75) is 25.5 Å². The quantitative estimate of drug-likeness (QED) is 0.313. The number of hydrogen-bond acceptors (Lipinski definition) is 4. The molecular weight excluding hydrogens is 527 g/mol. The summed E-state index contributed by atoms with van der Waals surface area (Å²) in [5.41, 5.74) is 1.10. The largest absolute Gasteiger partial charge is 0.378 e. The van der Waals surface area contributed by atoms with Crippen molar-refractivity contribution < 1.29 is 13.7 Å². The molecule has 2 heterocycles. The van der Waals surface area contributed by atoms with Crippen molar-refractivity contribution in [2.75, 3.05) is 58.2 Å². The van der Waals surface area contributed by atoms with Crippen LogP contribution >= 0.6 is 24.0 Å². The van der Waals surface area contributed by atoms with Gasteiger partial charge in [0.15, 0.2) is 5.96 Å². The highest BCUT2D eigenvalue weighted by Crippen LogP contribution is 2.20. The SMILES string of the molecule is CCNC(=NCCS(=O)Cc1ccccc1)N1CCC(C(=O)N2CCOCC2)CC1.I. The lowest BCUT2D eigenvalue weighted by atomic mass is 9.95. The van der Waals surface area contributed by atoms with E-state index in [1.54, 1.807) is 0 Å². The highest BCUT2D eigenvalue weighted by Gasteiger charge is 2.30. The average Bonchev–Trinajstić information content (AvgIpc) is 2.79. The number of ether oxygens (including phenoxy) is 1. The lowest BCUT2D eigenvalue weighted by Gasteiger charge is -2.36. The van der Waals surface area contributed by atoms with Crippen LogP contribution in [0.3, 0.4) is 0 Å². The predicted molar refractivity (Wildman–Crippen MR) is 136 cm³/mol. The van der Waals surface area contributed by atoms with Crippen LogP contribution in [-0.2, 0) is 26.1 Å². The number of halogens is 1. The molecule has 0 spiro atoms. The molecule has 0 bridgehead atoms. The second kappa shape index (κ2) is 14.1. The number of nitrogens with one attached hydrogen (secondary N) is 1. The van der Waals surface area contributed by atoms with Crippen molar-refractivity contribution in [3.63, 3.8) is 0 Å². The summed E-state index contributed by atoms with van der Waals surface area (Å²) in [4.78, 5) is 21.6. The van der Waals surface area contributed by atoms with Gasteiger partial charge in [-0.15, -0.1) is 24.0 Å². The number of aliphatic imine (C=N–C) groups is 1. The molecule has 7 nitrogen and oxygen atoms in total. The van der Waals surface area contributed by atoms with Crippen molar-refractivity contribution in [1.82, 2.24) is 15.1 Å². The molecule has 31 heavy (non-hydrogen) atoms. The minimum atomic E-state index is -0.925. The smallest absolute Gasteiger partial charge is 0.225 e. The number of benzene rings is 1. The van der Waals surface area contributed by atoms with E-state index in [1.807, 2.05) is 35.2 Å². The monoisotopic (exact) mass is 562 g/mol. The summed E-state index contributed by atoms with van der Waals surface area (Å²) in [7, 11) is -0.925. The van der Waals surface area contributed by atoms with Crippen molar-refractivity contribution in [1.29, 1.82) is 0 Å². The summed E-state index contributed by atoms with van der Waals surface area (Å²) in [6, 6.07) is 9.93. The van der Waals surface area contributed by atoms with E-state index in [9.17, 15) is 9.00 Å². The molecule has 1 amide bonds. The first-order chi connectivity index (χ1) is 14.7. The highest BCUT2D eigenvalue weighted by molar-refractivity contribution is 14.0. The molecule has 0 radical (unpaired) electrons. The number of hydrogen-bond donors (Lipinski definition) is 1. The molecule has 2 fully saturated rings. The Morgan fingerprint density at radius 1 is 1.13 bits per heavy atom. The normalized spacial score (nSPS) is 18.9. The molecule has 1 unspecified atom stereocenters. The van der Waals surface area contributed by atoms with Crippen molar-refractivity contribution in [3.8, 4) is 0 Å². The lowest BCUT2D eigenvalue weighted by molar-refractivity contribution is -0.140. The fraction of sp³-hybridized carbons (Fsp3) is 0.636. The van der Waals surface area contributed by atoms with E-state index in [2.05, 4.69) is 17.1 Å². The molecule has 0 saturated carbocycles. The van der Waals surface area contributed by atoms with Gasteiger partial charge in [0.25, 0.3) is 0 Å². The van der Waals surface area contributed by atoms with Crippen molar-refractivity contribution in [2.24, 2.45) is 10.9 Å². The van der Waals surface area contributed by atoms with E-state index in [0.717, 1.165) is 44.0 Å². The standard InChI is InChI=1S/C22H34N4O3S.HI/c1-2-23-22(24-10-17-30(28)18-19-6-4-3-5-7-19)26-11-8-20(9-12-26)21(27)25-13-15-29-16-14-25;/h3-7,20H,2,8-18H2,1H3,(H,23,24);1H. The number of likely N-dealkylation sites (tertiary alicyclic amines) is 1. The molecule has 1 atom stereocenters. The van der Waals surface area contributed by atoms with Gasteiger partial charge in [0.05, 0.1) is 19.8 Å². The van der Waals surface area contributed by atoms with Gasteiger partial charge in [0, 0.05) is 60.9 Å². The number of morpholine rings is 1. The molecule has 3 rings (SSSR count). The van der Waals surface area contributed by atoms with E-state index in [-0.39, 0.29) is 35.8 Å². The Bertz CT molecular complexity index is 721. The summed E-state index contributed by atoms with van der Waals surface area (Å²) >= 11 is 0. The lowest BCUT2D eigenvalue weighted by Crippen LogP contribution is -2.50. The van der Waals surface area contributed by atoms with Crippen molar-refractivity contribution >= 4 is 46.6 Å². The van der Waals surface area contributed by atoms with Gasteiger partial charge in [0.1, 0.15) is 0 Å². The van der Waals surface area contributed by atoms with Gasteiger partial charge in [-0.2, -0.15) is 0 Å². The number of carbonyl (C=O) groups is 1. The topological polar surface area (TPSA) is 74.2 Å². The second-order valence-corrected chi connectivity index (χ2v) is 9.29. The van der Waals surface area contributed by atoms with E-state index in [4.69, 9.17) is 9.73 Å². The van der Waals surface area contributed by atoms with Gasteiger partial charge >= 0.3 is 0 Å². The van der Waals surface area contributed by atoms with E-state index >= 15 is 0 Å². The van der Waals surface area contributed by atoms with Gasteiger partial charge in [-0.1, -0.05) is 30.3 Å². The fourth-order valence-electron chi connectivity index (χ4n) is 3.89. The zero-order valence-corrected chi connectivity index (χ0v) is 21.5. The molecule has 1 aromatic carbocycles. The molecular formula is C22H35IN4O3S. The number of amides is 1. The van der Waals surface area contributed by atoms with Crippen molar-refractivity contribution in [3.05, 3.63) is 35.9 Å². The minimum Gasteiger partial charge on any atom is -0.378 e. The summed E-state index contributed by atoms with van der Waals surface area (Å²) in [5, 5.41) is 3.35. The predicted octanol–water partition coefficient (Wildman–Crippen LogP) is 2.09. The summed E-state index contributed by atoms with van der Waals surface area (Å²) in [6.45, 7) is 7.73. The summed E-state index contributed by atoms with van der Waals surface area (Å²) in [6.07, 6.45) is 1.70. The maximum atomic E-state index is 12.7. The zero-order chi connectivity index (χ0) is 21.2. The van der Waals surface area contributed by atoms with Crippen LogP contribution in [0.2, 0.25) is 0 Å². The van der Waals surface area contributed by atoms with Gasteiger partial charge in [-0.25, -0.2) is 0 Å². The van der Waals surface area contributed by atoms with Crippen LogP contribution in [0.5, 0.6) is 0 Å². The van der Waals surface area contributed by atoms with Crippen LogP contribution in [0.4, 0.5) is 0 Å². The average molecular weight is 563 g/mol. The highest BCUT2D eigenvalue weighted by atomic mass is 127. The van der Waals surface area contributed by atoms with Gasteiger partial charge in [0.2, 0.25) is 5.91 Å². The number of nitrogens with zero attached hydrogens (tertiary/aromatic N) is 3. The Kier molecular flexibility index (Phi) is 11.8. The van der Waals surface area contributed by atoms with E-state index in [0.29, 0.717) is 44.4 Å². The third-order valence-corrected chi connectivity index (χ3v) is 6.85. The zero-order valence-electron chi connectivity index (χ0n) is 18.3. The first-order valence-corrected chi connectivity index (χ1v) is 12.4. The first-order valence-electron chi connectivity index (χ1n) is 11.0. The number of piperidine rings is 1. The first kappa shape index (κ1) is 26.1. The van der Waals surface area contributed by atoms with Crippen LogP contribution in [0.25, 0.3) is 0 Å². The third kappa shape index (κ3) is 8.34. The van der Waals surface area contributed by atoms with Gasteiger partial charge in [-0.3, -0.25) is 14.0 Å². The molecule has 0 aromatic heterocycles. The van der Waals surface area contributed by atoms with Crippen LogP contribution in [-0.4, -0.2) is 84.1 Å².